The van der Waals surface area contributed by atoms with Gasteiger partial charge in [-0.25, -0.2) is 4.79 Å². The Morgan fingerprint density at radius 1 is 1.26 bits per heavy atom. The first-order chi connectivity index (χ1) is 9.22. The summed E-state index contributed by atoms with van der Waals surface area (Å²) in [5.74, 6) is -0.171. The third-order valence-electron chi connectivity index (χ3n) is 3.46. The average Bonchev–Trinajstić information content (AvgIpc) is 2.64. The maximum absolute atomic E-state index is 12.0. The predicted molar refractivity (Wildman–Crippen MR) is 71.7 cm³/mol. The Kier molecular flexibility index (Phi) is 4.55. The molecule has 0 spiro atoms. The van der Waals surface area contributed by atoms with E-state index in [1.54, 1.807) is 12.1 Å². The number of rotatable bonds is 3. The number of carbonyl (C=O) groups is 2. The Bertz CT molecular complexity index is 470. The van der Waals surface area contributed by atoms with Crippen LogP contribution < -0.4 is 0 Å². The van der Waals surface area contributed by atoms with Gasteiger partial charge in [0, 0.05) is 19.5 Å². The van der Waals surface area contributed by atoms with E-state index in [2.05, 4.69) is 0 Å². The normalized spacial score (nSPS) is 16.1. The number of hydrogen-bond acceptors (Lipinski definition) is 3. The van der Waals surface area contributed by atoms with Crippen molar-refractivity contribution in [2.75, 3.05) is 13.7 Å². The molecule has 2 rings (SSSR count). The van der Waals surface area contributed by atoms with Crippen LogP contribution in [-0.2, 0) is 16.1 Å². The van der Waals surface area contributed by atoms with Gasteiger partial charge in [0.15, 0.2) is 0 Å². The van der Waals surface area contributed by atoms with Gasteiger partial charge in [0.25, 0.3) is 0 Å². The molecule has 0 atom stereocenters. The van der Waals surface area contributed by atoms with Crippen LogP contribution in [-0.4, -0.2) is 30.4 Å². The number of ether oxygens (including phenoxy) is 1. The standard InChI is InChI=1S/C15H19NO3/c1-19-15(18)13-8-5-4-7-12(13)11-16-10-6-2-3-9-14(16)17/h4-5,7-8H,2-3,6,9-11H2,1H3. The lowest BCUT2D eigenvalue weighted by atomic mass is 10.1. The van der Waals surface area contributed by atoms with Gasteiger partial charge in [-0.3, -0.25) is 4.79 Å². The molecule has 4 nitrogen and oxygen atoms in total. The predicted octanol–water partition coefficient (Wildman–Crippen LogP) is 2.38. The molecule has 1 fully saturated rings. The minimum Gasteiger partial charge on any atom is -0.465 e. The van der Waals surface area contributed by atoms with Crippen LogP contribution in [0.2, 0.25) is 0 Å². The third kappa shape index (κ3) is 3.34. The van der Waals surface area contributed by atoms with Crippen molar-refractivity contribution in [2.24, 2.45) is 0 Å². The number of carbonyl (C=O) groups excluding carboxylic acids is 2. The molecule has 1 saturated heterocycles. The summed E-state index contributed by atoms with van der Waals surface area (Å²) < 4.78 is 4.78. The van der Waals surface area contributed by atoms with Gasteiger partial charge in [0.1, 0.15) is 0 Å². The molecule has 0 aromatic heterocycles. The number of amides is 1. The van der Waals surface area contributed by atoms with Crippen LogP contribution in [0.4, 0.5) is 0 Å². The molecular formula is C15H19NO3. The van der Waals surface area contributed by atoms with Crippen molar-refractivity contribution in [3.63, 3.8) is 0 Å². The minimum atomic E-state index is -0.349. The van der Waals surface area contributed by atoms with Crippen molar-refractivity contribution in [3.8, 4) is 0 Å². The van der Waals surface area contributed by atoms with Crippen molar-refractivity contribution >= 4 is 11.9 Å². The fourth-order valence-corrected chi connectivity index (χ4v) is 2.38. The Morgan fingerprint density at radius 3 is 2.84 bits per heavy atom. The second-order valence-electron chi connectivity index (χ2n) is 4.77. The Hall–Kier alpha value is -1.84. The molecular weight excluding hydrogens is 242 g/mol. The van der Waals surface area contributed by atoms with E-state index in [4.69, 9.17) is 4.74 Å². The summed E-state index contributed by atoms with van der Waals surface area (Å²) in [6, 6.07) is 7.30. The smallest absolute Gasteiger partial charge is 0.338 e. The van der Waals surface area contributed by atoms with Gasteiger partial charge in [-0.2, -0.15) is 0 Å². The molecule has 19 heavy (non-hydrogen) atoms. The van der Waals surface area contributed by atoms with Crippen molar-refractivity contribution in [2.45, 2.75) is 32.2 Å². The molecule has 0 unspecified atom stereocenters. The number of benzene rings is 1. The molecule has 1 aromatic rings. The molecule has 1 aromatic carbocycles. The quantitative estimate of drug-likeness (QED) is 0.785. The fourth-order valence-electron chi connectivity index (χ4n) is 2.38. The summed E-state index contributed by atoms with van der Waals surface area (Å²) in [6.07, 6.45) is 3.71. The summed E-state index contributed by atoms with van der Waals surface area (Å²) in [5.41, 5.74) is 1.40. The number of esters is 1. The summed E-state index contributed by atoms with van der Waals surface area (Å²) in [5, 5.41) is 0. The monoisotopic (exact) mass is 261 g/mol. The zero-order valence-corrected chi connectivity index (χ0v) is 11.2. The van der Waals surface area contributed by atoms with E-state index in [0.29, 0.717) is 18.5 Å². The van der Waals surface area contributed by atoms with E-state index in [-0.39, 0.29) is 11.9 Å². The van der Waals surface area contributed by atoms with Crippen LogP contribution >= 0.6 is 0 Å². The molecule has 0 radical (unpaired) electrons. The lowest BCUT2D eigenvalue weighted by Gasteiger charge is -2.21. The van der Waals surface area contributed by atoms with Gasteiger partial charge >= 0.3 is 5.97 Å². The summed E-state index contributed by atoms with van der Waals surface area (Å²) >= 11 is 0. The maximum atomic E-state index is 12.0. The molecule has 102 valence electrons. The van der Waals surface area contributed by atoms with Gasteiger partial charge in [-0.05, 0) is 24.5 Å². The van der Waals surface area contributed by atoms with Gasteiger partial charge in [-0.15, -0.1) is 0 Å². The second-order valence-corrected chi connectivity index (χ2v) is 4.77. The Labute approximate surface area is 113 Å². The van der Waals surface area contributed by atoms with Crippen molar-refractivity contribution in [1.29, 1.82) is 0 Å². The van der Waals surface area contributed by atoms with Crippen LogP contribution in [0.3, 0.4) is 0 Å². The van der Waals surface area contributed by atoms with Crippen LogP contribution in [0.1, 0.15) is 41.6 Å². The third-order valence-corrected chi connectivity index (χ3v) is 3.46. The van der Waals surface area contributed by atoms with Crippen molar-refractivity contribution < 1.29 is 14.3 Å². The summed E-state index contributed by atoms with van der Waals surface area (Å²) in [6.45, 7) is 1.26. The zero-order chi connectivity index (χ0) is 13.7. The first kappa shape index (κ1) is 13.6. The molecule has 0 bridgehead atoms. The van der Waals surface area contributed by atoms with Crippen molar-refractivity contribution in [1.82, 2.24) is 4.90 Å². The molecule has 0 saturated carbocycles. The summed E-state index contributed by atoms with van der Waals surface area (Å²) in [4.78, 5) is 25.5. The van der Waals surface area contributed by atoms with Crippen LogP contribution in [0.15, 0.2) is 24.3 Å². The number of methoxy groups -OCH3 is 1. The lowest BCUT2D eigenvalue weighted by molar-refractivity contribution is -0.131. The highest BCUT2D eigenvalue weighted by Gasteiger charge is 2.19. The van der Waals surface area contributed by atoms with Crippen LogP contribution in [0.5, 0.6) is 0 Å². The van der Waals surface area contributed by atoms with Gasteiger partial charge in [0.05, 0.1) is 12.7 Å². The molecule has 0 aliphatic carbocycles. The van der Waals surface area contributed by atoms with Gasteiger partial charge in [-0.1, -0.05) is 24.6 Å². The first-order valence-electron chi connectivity index (χ1n) is 6.66. The lowest BCUT2D eigenvalue weighted by Crippen LogP contribution is -2.30. The average molecular weight is 261 g/mol. The summed E-state index contributed by atoms with van der Waals surface area (Å²) in [7, 11) is 1.37. The highest BCUT2D eigenvalue weighted by molar-refractivity contribution is 5.91. The molecule has 1 amide bonds. The minimum absolute atomic E-state index is 0.178. The molecule has 1 heterocycles. The second kappa shape index (κ2) is 6.36. The number of hydrogen-bond donors (Lipinski definition) is 0. The molecule has 1 aliphatic rings. The fraction of sp³-hybridized carbons (Fsp3) is 0.467. The van der Waals surface area contributed by atoms with E-state index in [1.165, 1.54) is 7.11 Å². The molecule has 1 aliphatic heterocycles. The Morgan fingerprint density at radius 2 is 2.05 bits per heavy atom. The van der Waals surface area contributed by atoms with E-state index < -0.39 is 0 Å². The van der Waals surface area contributed by atoms with E-state index >= 15 is 0 Å². The highest BCUT2D eigenvalue weighted by atomic mass is 16.5. The van der Waals surface area contributed by atoms with Crippen LogP contribution in [0.25, 0.3) is 0 Å². The van der Waals surface area contributed by atoms with Gasteiger partial charge in [0.2, 0.25) is 5.91 Å². The topological polar surface area (TPSA) is 46.6 Å². The maximum Gasteiger partial charge on any atom is 0.338 e. The van der Waals surface area contributed by atoms with E-state index in [1.807, 2.05) is 17.0 Å². The Balaban J connectivity index is 2.18. The number of likely N-dealkylation sites (tertiary alicyclic amines) is 1. The highest BCUT2D eigenvalue weighted by Crippen LogP contribution is 2.17. The zero-order valence-electron chi connectivity index (χ0n) is 11.2. The van der Waals surface area contributed by atoms with Crippen LogP contribution in [0, 0.1) is 0 Å². The SMILES string of the molecule is COC(=O)c1ccccc1CN1CCCCCC1=O. The number of nitrogens with zero attached hydrogens (tertiary/aromatic N) is 1. The molecule has 4 heteroatoms. The van der Waals surface area contributed by atoms with Gasteiger partial charge < -0.3 is 9.64 Å². The largest absolute Gasteiger partial charge is 0.465 e. The van der Waals surface area contributed by atoms with E-state index in [9.17, 15) is 9.59 Å². The van der Waals surface area contributed by atoms with E-state index in [0.717, 1.165) is 31.4 Å². The van der Waals surface area contributed by atoms with Crippen molar-refractivity contribution in [3.05, 3.63) is 35.4 Å². The molecule has 0 N–H and O–H groups in total. The first-order valence-corrected chi connectivity index (χ1v) is 6.66.